The molecule has 2 aromatic heterocycles. The van der Waals surface area contributed by atoms with Crippen LogP contribution >= 0.6 is 23.2 Å². The highest BCUT2D eigenvalue weighted by molar-refractivity contribution is 6.37. The van der Waals surface area contributed by atoms with E-state index in [2.05, 4.69) is 10.1 Å². The molecule has 0 unspecified atom stereocenters. The summed E-state index contributed by atoms with van der Waals surface area (Å²) in [6, 6.07) is 7.09. The smallest absolute Gasteiger partial charge is 0.134 e. The molecule has 90 valence electrons. The van der Waals surface area contributed by atoms with E-state index in [4.69, 9.17) is 28.9 Å². The molecule has 0 radical (unpaired) electrons. The van der Waals surface area contributed by atoms with E-state index in [1.807, 2.05) is 0 Å². The molecule has 3 rings (SSSR count). The van der Waals surface area contributed by atoms with Crippen LogP contribution < -0.4 is 5.73 Å². The van der Waals surface area contributed by atoms with Crippen LogP contribution in [-0.2, 0) is 0 Å². The average molecular weight is 279 g/mol. The Morgan fingerprint density at radius 2 is 1.83 bits per heavy atom. The van der Waals surface area contributed by atoms with E-state index in [9.17, 15) is 0 Å². The van der Waals surface area contributed by atoms with Gasteiger partial charge in [-0.05, 0) is 18.2 Å². The lowest BCUT2D eigenvalue weighted by Gasteiger charge is -2.05. The van der Waals surface area contributed by atoms with Gasteiger partial charge in [0.05, 0.1) is 20.9 Å². The van der Waals surface area contributed by atoms with E-state index < -0.39 is 0 Å². The third-order valence-electron chi connectivity index (χ3n) is 2.63. The van der Waals surface area contributed by atoms with Crippen molar-refractivity contribution in [2.45, 2.75) is 0 Å². The van der Waals surface area contributed by atoms with Gasteiger partial charge in [0.2, 0.25) is 0 Å². The normalized spacial score (nSPS) is 11.0. The first-order chi connectivity index (χ1) is 8.66. The molecule has 1 aromatic carbocycles. The average Bonchev–Trinajstić information content (AvgIpc) is 2.74. The van der Waals surface area contributed by atoms with Gasteiger partial charge in [-0.3, -0.25) is 0 Å². The molecule has 4 nitrogen and oxygen atoms in total. The third-order valence-corrected chi connectivity index (χ3v) is 3.24. The SMILES string of the molecule is Nc1nccc2nn(-c3c(Cl)cccc3Cl)cc12. The highest BCUT2D eigenvalue weighted by Crippen LogP contribution is 2.29. The van der Waals surface area contributed by atoms with E-state index in [0.717, 1.165) is 10.9 Å². The Morgan fingerprint density at radius 1 is 1.11 bits per heavy atom. The first-order valence-corrected chi connectivity index (χ1v) is 5.96. The fourth-order valence-corrected chi connectivity index (χ4v) is 2.36. The zero-order valence-corrected chi connectivity index (χ0v) is 10.7. The quantitative estimate of drug-likeness (QED) is 0.743. The van der Waals surface area contributed by atoms with Crippen LogP contribution in [0.25, 0.3) is 16.6 Å². The number of hydrogen-bond donors (Lipinski definition) is 1. The minimum atomic E-state index is 0.432. The standard InChI is InChI=1S/C12H8Cl2N4/c13-8-2-1-3-9(14)11(8)18-6-7-10(17-18)4-5-16-12(7)15/h1-6H,(H2,15,16). The molecular formula is C12H8Cl2N4. The minimum Gasteiger partial charge on any atom is -0.383 e. The van der Waals surface area contributed by atoms with Gasteiger partial charge >= 0.3 is 0 Å². The summed E-state index contributed by atoms with van der Waals surface area (Å²) in [5, 5.41) is 6.22. The van der Waals surface area contributed by atoms with Gasteiger partial charge in [0.25, 0.3) is 0 Å². The number of nitrogen functional groups attached to an aromatic ring is 1. The number of rotatable bonds is 1. The van der Waals surface area contributed by atoms with Crippen LogP contribution in [-0.4, -0.2) is 14.8 Å². The highest BCUT2D eigenvalue weighted by Gasteiger charge is 2.11. The molecule has 0 amide bonds. The molecule has 18 heavy (non-hydrogen) atoms. The van der Waals surface area contributed by atoms with Crippen molar-refractivity contribution in [1.82, 2.24) is 14.8 Å². The molecule has 0 spiro atoms. The number of hydrogen-bond acceptors (Lipinski definition) is 3. The second-order valence-corrected chi connectivity index (χ2v) is 4.59. The summed E-state index contributed by atoms with van der Waals surface area (Å²) in [6.07, 6.45) is 3.38. The predicted molar refractivity (Wildman–Crippen MR) is 73.3 cm³/mol. The number of benzene rings is 1. The summed E-state index contributed by atoms with van der Waals surface area (Å²) in [5.41, 5.74) is 7.18. The van der Waals surface area contributed by atoms with E-state index in [1.54, 1.807) is 41.3 Å². The maximum Gasteiger partial charge on any atom is 0.134 e. The minimum absolute atomic E-state index is 0.432. The summed E-state index contributed by atoms with van der Waals surface area (Å²) in [6.45, 7) is 0. The molecular weight excluding hydrogens is 271 g/mol. The van der Waals surface area contributed by atoms with Crippen molar-refractivity contribution in [3.05, 3.63) is 46.7 Å². The lowest BCUT2D eigenvalue weighted by Crippen LogP contribution is -1.96. The third kappa shape index (κ3) is 1.70. The number of anilines is 1. The van der Waals surface area contributed by atoms with Crippen molar-refractivity contribution in [2.75, 3.05) is 5.73 Å². The van der Waals surface area contributed by atoms with Crippen molar-refractivity contribution in [2.24, 2.45) is 0 Å². The number of halogens is 2. The van der Waals surface area contributed by atoms with Crippen LogP contribution in [0.15, 0.2) is 36.7 Å². The Morgan fingerprint density at radius 3 is 2.50 bits per heavy atom. The van der Waals surface area contributed by atoms with E-state index in [-0.39, 0.29) is 0 Å². The van der Waals surface area contributed by atoms with Crippen LogP contribution in [0.3, 0.4) is 0 Å². The number of para-hydroxylation sites is 1. The Balaban J connectivity index is 2.30. The largest absolute Gasteiger partial charge is 0.383 e. The molecule has 0 saturated carbocycles. The van der Waals surface area contributed by atoms with Crippen molar-refractivity contribution in [1.29, 1.82) is 0 Å². The zero-order valence-electron chi connectivity index (χ0n) is 9.14. The van der Waals surface area contributed by atoms with E-state index in [1.165, 1.54) is 0 Å². The topological polar surface area (TPSA) is 56.7 Å². The maximum atomic E-state index is 6.14. The number of nitrogens with two attached hydrogens (primary N) is 1. The van der Waals surface area contributed by atoms with Gasteiger partial charge in [-0.15, -0.1) is 0 Å². The molecule has 2 N–H and O–H groups in total. The molecule has 0 atom stereocenters. The molecule has 0 aliphatic rings. The Labute approximate surface area is 113 Å². The molecule has 0 aliphatic heterocycles. The summed E-state index contributed by atoms with van der Waals surface area (Å²) < 4.78 is 1.62. The van der Waals surface area contributed by atoms with Crippen molar-refractivity contribution in [3.63, 3.8) is 0 Å². The summed E-state index contributed by atoms with van der Waals surface area (Å²) in [7, 11) is 0. The van der Waals surface area contributed by atoms with Crippen molar-refractivity contribution >= 4 is 39.9 Å². The molecule has 0 bridgehead atoms. The Bertz CT molecular complexity index is 716. The molecule has 0 fully saturated rings. The fraction of sp³-hybridized carbons (Fsp3) is 0. The van der Waals surface area contributed by atoms with Gasteiger partial charge in [0.15, 0.2) is 0 Å². The van der Waals surface area contributed by atoms with Crippen molar-refractivity contribution < 1.29 is 0 Å². The number of nitrogens with zero attached hydrogens (tertiary/aromatic N) is 3. The second-order valence-electron chi connectivity index (χ2n) is 3.77. The number of fused-ring (bicyclic) bond motifs is 1. The van der Waals surface area contributed by atoms with Crippen molar-refractivity contribution in [3.8, 4) is 5.69 Å². The lowest BCUT2D eigenvalue weighted by molar-refractivity contribution is 0.897. The maximum absolute atomic E-state index is 6.14. The van der Waals surface area contributed by atoms with E-state index in [0.29, 0.717) is 21.6 Å². The van der Waals surface area contributed by atoms with Gasteiger partial charge in [-0.2, -0.15) is 5.10 Å². The number of aromatic nitrogens is 3. The zero-order chi connectivity index (χ0) is 12.7. The van der Waals surface area contributed by atoms with Crippen LogP contribution in [0.1, 0.15) is 0 Å². The van der Waals surface area contributed by atoms with Crippen LogP contribution in [0, 0.1) is 0 Å². The first-order valence-electron chi connectivity index (χ1n) is 5.21. The number of pyridine rings is 1. The van der Waals surface area contributed by atoms with Gasteiger partial charge in [0.1, 0.15) is 11.5 Å². The summed E-state index contributed by atoms with van der Waals surface area (Å²) >= 11 is 12.3. The summed E-state index contributed by atoms with van der Waals surface area (Å²) in [4.78, 5) is 4.02. The molecule has 0 aliphatic carbocycles. The Hall–Kier alpha value is -1.78. The van der Waals surface area contributed by atoms with Gasteiger partial charge in [-0.1, -0.05) is 29.3 Å². The molecule has 2 heterocycles. The highest BCUT2D eigenvalue weighted by atomic mass is 35.5. The second kappa shape index (κ2) is 4.15. The van der Waals surface area contributed by atoms with Crippen LogP contribution in [0.4, 0.5) is 5.82 Å². The van der Waals surface area contributed by atoms with Gasteiger partial charge in [0, 0.05) is 12.4 Å². The Kier molecular flexibility index (Phi) is 2.61. The molecule has 3 aromatic rings. The van der Waals surface area contributed by atoms with E-state index >= 15 is 0 Å². The fourth-order valence-electron chi connectivity index (χ4n) is 1.79. The first kappa shape index (κ1) is 11.3. The van der Waals surface area contributed by atoms with Crippen LogP contribution in [0.5, 0.6) is 0 Å². The molecule has 0 saturated heterocycles. The summed E-state index contributed by atoms with van der Waals surface area (Å²) in [5.74, 6) is 0.432. The predicted octanol–water partition coefficient (Wildman–Crippen LogP) is 3.31. The van der Waals surface area contributed by atoms with Gasteiger partial charge < -0.3 is 5.73 Å². The molecule has 6 heteroatoms. The monoisotopic (exact) mass is 278 g/mol. The van der Waals surface area contributed by atoms with Crippen LogP contribution in [0.2, 0.25) is 10.0 Å². The van der Waals surface area contributed by atoms with Gasteiger partial charge in [-0.25, -0.2) is 9.67 Å². The lowest BCUT2D eigenvalue weighted by atomic mass is 10.3.